The van der Waals surface area contributed by atoms with Crippen LogP contribution >= 0.6 is 0 Å². The van der Waals surface area contributed by atoms with Crippen molar-refractivity contribution in [3.63, 3.8) is 0 Å². The average molecular weight is 186 g/mol. The number of likely N-dealkylation sites (tertiary alicyclic amines) is 1. The second kappa shape index (κ2) is 3.64. The van der Waals surface area contributed by atoms with Crippen LogP contribution in [0.4, 0.5) is 4.79 Å². The molecule has 1 rings (SSSR count). The van der Waals surface area contributed by atoms with Gasteiger partial charge in [-0.2, -0.15) is 0 Å². The number of carbonyl (C=O) groups excluding carboxylic acids is 1. The van der Waals surface area contributed by atoms with Crippen molar-refractivity contribution in [2.45, 2.75) is 13.3 Å². The summed E-state index contributed by atoms with van der Waals surface area (Å²) in [6.07, 6.45) is 0.733. The number of nitrogens with two attached hydrogens (primary N) is 1. The Morgan fingerprint density at radius 1 is 1.62 bits per heavy atom. The number of carboxylic acid groups (broad SMARTS) is 1. The van der Waals surface area contributed by atoms with Gasteiger partial charge in [-0.3, -0.25) is 4.79 Å². The van der Waals surface area contributed by atoms with Crippen LogP contribution in [-0.4, -0.2) is 35.1 Å². The zero-order valence-electron chi connectivity index (χ0n) is 7.56. The molecule has 3 N–H and O–H groups in total. The maximum absolute atomic E-state index is 10.7. The highest BCUT2D eigenvalue weighted by Crippen LogP contribution is 2.23. The molecule has 5 nitrogen and oxygen atoms in total. The van der Waals surface area contributed by atoms with Crippen LogP contribution in [0.15, 0.2) is 0 Å². The van der Waals surface area contributed by atoms with Crippen molar-refractivity contribution in [1.29, 1.82) is 0 Å². The lowest BCUT2D eigenvalue weighted by atomic mass is 9.94. The molecule has 0 aromatic rings. The molecule has 13 heavy (non-hydrogen) atoms. The van der Waals surface area contributed by atoms with Gasteiger partial charge in [0.25, 0.3) is 0 Å². The van der Waals surface area contributed by atoms with E-state index >= 15 is 0 Å². The summed E-state index contributed by atoms with van der Waals surface area (Å²) < 4.78 is 0. The van der Waals surface area contributed by atoms with Gasteiger partial charge in [0, 0.05) is 13.1 Å². The monoisotopic (exact) mass is 186 g/mol. The molecule has 0 aromatic heterocycles. The minimum absolute atomic E-state index is 0.0463. The van der Waals surface area contributed by atoms with E-state index < -0.39 is 17.9 Å². The number of carboxylic acids is 1. The van der Waals surface area contributed by atoms with Crippen LogP contribution in [0.3, 0.4) is 0 Å². The van der Waals surface area contributed by atoms with E-state index in [1.807, 2.05) is 0 Å². The largest absolute Gasteiger partial charge is 0.481 e. The third-order valence-electron chi connectivity index (χ3n) is 2.63. The Morgan fingerprint density at radius 3 is 2.62 bits per heavy atom. The van der Waals surface area contributed by atoms with E-state index in [1.54, 1.807) is 6.92 Å². The van der Waals surface area contributed by atoms with Gasteiger partial charge < -0.3 is 15.7 Å². The number of rotatable bonds is 2. The normalized spacial score (nSPS) is 24.4. The highest BCUT2D eigenvalue weighted by atomic mass is 16.4. The Bertz CT molecular complexity index is 229. The smallest absolute Gasteiger partial charge is 0.314 e. The molecular formula is C8H14N2O3. The first kappa shape index (κ1) is 9.83. The number of aliphatic carboxylic acids is 1. The zero-order valence-corrected chi connectivity index (χ0v) is 7.56. The molecular weight excluding hydrogens is 172 g/mol. The second-order valence-corrected chi connectivity index (χ2v) is 3.46. The first-order valence-electron chi connectivity index (χ1n) is 4.29. The van der Waals surface area contributed by atoms with E-state index in [4.69, 9.17) is 10.8 Å². The first-order chi connectivity index (χ1) is 6.02. The predicted molar refractivity (Wildman–Crippen MR) is 46.1 cm³/mol. The summed E-state index contributed by atoms with van der Waals surface area (Å²) in [6, 6.07) is -0.458. The number of urea groups is 1. The van der Waals surface area contributed by atoms with Crippen molar-refractivity contribution in [1.82, 2.24) is 4.90 Å². The van der Waals surface area contributed by atoms with Gasteiger partial charge in [-0.15, -0.1) is 0 Å². The minimum Gasteiger partial charge on any atom is -0.481 e. The third-order valence-corrected chi connectivity index (χ3v) is 2.63. The fourth-order valence-corrected chi connectivity index (χ4v) is 1.60. The second-order valence-electron chi connectivity index (χ2n) is 3.46. The summed E-state index contributed by atoms with van der Waals surface area (Å²) in [7, 11) is 0. The molecule has 5 heteroatoms. The summed E-state index contributed by atoms with van der Waals surface area (Å²) in [5.41, 5.74) is 5.08. The summed E-state index contributed by atoms with van der Waals surface area (Å²) >= 11 is 0. The van der Waals surface area contributed by atoms with Crippen LogP contribution < -0.4 is 5.73 Å². The minimum atomic E-state index is -0.809. The van der Waals surface area contributed by atoms with Gasteiger partial charge in [0.2, 0.25) is 0 Å². The molecule has 0 saturated carbocycles. The standard InChI is InChI=1S/C8H14N2O3/c1-5(7(11)12)6-2-3-10(4-6)8(9)13/h5-6H,2-4H2,1H3,(H2,9,13)(H,11,12). The molecule has 1 fully saturated rings. The van der Waals surface area contributed by atoms with Crippen LogP contribution in [0, 0.1) is 11.8 Å². The zero-order chi connectivity index (χ0) is 10.0. The Balaban J connectivity index is 2.49. The summed E-state index contributed by atoms with van der Waals surface area (Å²) in [5.74, 6) is -1.16. The average Bonchev–Trinajstić information content (AvgIpc) is 2.50. The molecule has 0 spiro atoms. The molecule has 1 aliphatic heterocycles. The van der Waals surface area contributed by atoms with Crippen molar-refractivity contribution in [2.24, 2.45) is 17.6 Å². The van der Waals surface area contributed by atoms with Crippen molar-refractivity contribution < 1.29 is 14.7 Å². The van der Waals surface area contributed by atoms with Crippen molar-refractivity contribution in [2.75, 3.05) is 13.1 Å². The molecule has 74 valence electrons. The summed E-state index contributed by atoms with van der Waals surface area (Å²) in [5, 5.41) is 8.73. The molecule has 0 aromatic carbocycles. The molecule has 2 atom stereocenters. The highest BCUT2D eigenvalue weighted by molar-refractivity contribution is 5.73. The van der Waals surface area contributed by atoms with Gasteiger partial charge in [-0.25, -0.2) is 4.79 Å². The summed E-state index contributed by atoms with van der Waals surface area (Å²) in [6.45, 7) is 2.72. The van der Waals surface area contributed by atoms with E-state index in [0.29, 0.717) is 13.1 Å². The molecule has 1 heterocycles. The van der Waals surface area contributed by atoms with Crippen molar-refractivity contribution >= 4 is 12.0 Å². The van der Waals surface area contributed by atoms with Gasteiger partial charge >= 0.3 is 12.0 Å². The number of primary amides is 1. The number of nitrogens with zero attached hydrogens (tertiary/aromatic N) is 1. The SMILES string of the molecule is CC(C(=O)O)C1CCN(C(N)=O)C1. The maximum Gasteiger partial charge on any atom is 0.314 e. The highest BCUT2D eigenvalue weighted by Gasteiger charge is 2.31. The van der Waals surface area contributed by atoms with Crippen LogP contribution in [0.25, 0.3) is 0 Å². The van der Waals surface area contributed by atoms with E-state index in [9.17, 15) is 9.59 Å². The molecule has 2 amide bonds. The Morgan fingerprint density at radius 2 is 2.23 bits per heavy atom. The predicted octanol–water partition coefficient (Wildman–Crippen LogP) is 0.108. The summed E-state index contributed by atoms with van der Waals surface area (Å²) in [4.78, 5) is 22.9. The molecule has 0 radical (unpaired) electrons. The van der Waals surface area contributed by atoms with Crippen LogP contribution in [0.5, 0.6) is 0 Å². The molecule has 0 aliphatic carbocycles. The lowest BCUT2D eigenvalue weighted by Crippen LogP contribution is -2.34. The number of carbonyl (C=O) groups is 2. The van der Waals surface area contributed by atoms with Crippen molar-refractivity contribution in [3.8, 4) is 0 Å². The Hall–Kier alpha value is -1.26. The first-order valence-corrected chi connectivity index (χ1v) is 4.29. The molecule has 1 saturated heterocycles. The quantitative estimate of drug-likeness (QED) is 0.641. The van der Waals surface area contributed by atoms with E-state index in [1.165, 1.54) is 4.90 Å². The van der Waals surface area contributed by atoms with E-state index in [-0.39, 0.29) is 5.92 Å². The van der Waals surface area contributed by atoms with Gasteiger partial charge in [-0.1, -0.05) is 6.92 Å². The number of hydrogen-bond acceptors (Lipinski definition) is 2. The topological polar surface area (TPSA) is 83.6 Å². The van der Waals surface area contributed by atoms with Gasteiger partial charge in [0.15, 0.2) is 0 Å². The van der Waals surface area contributed by atoms with Gasteiger partial charge in [0.1, 0.15) is 0 Å². The maximum atomic E-state index is 10.7. The molecule has 0 bridgehead atoms. The third kappa shape index (κ3) is 2.11. The van der Waals surface area contributed by atoms with Crippen LogP contribution in [0.2, 0.25) is 0 Å². The molecule has 2 unspecified atom stereocenters. The molecule has 1 aliphatic rings. The van der Waals surface area contributed by atoms with E-state index in [0.717, 1.165) is 6.42 Å². The fourth-order valence-electron chi connectivity index (χ4n) is 1.60. The van der Waals surface area contributed by atoms with E-state index in [2.05, 4.69) is 0 Å². The number of amides is 2. The van der Waals surface area contributed by atoms with Gasteiger partial charge in [-0.05, 0) is 12.3 Å². The Kier molecular flexibility index (Phi) is 2.75. The van der Waals surface area contributed by atoms with Crippen LogP contribution in [0.1, 0.15) is 13.3 Å². The van der Waals surface area contributed by atoms with Gasteiger partial charge in [0.05, 0.1) is 5.92 Å². The number of hydrogen-bond donors (Lipinski definition) is 2. The Labute approximate surface area is 76.5 Å². The van der Waals surface area contributed by atoms with Crippen molar-refractivity contribution in [3.05, 3.63) is 0 Å². The lowest BCUT2D eigenvalue weighted by molar-refractivity contribution is -0.142. The van der Waals surface area contributed by atoms with Crippen LogP contribution in [-0.2, 0) is 4.79 Å². The fraction of sp³-hybridized carbons (Fsp3) is 0.750. The lowest BCUT2D eigenvalue weighted by Gasteiger charge is -2.15.